The predicted octanol–water partition coefficient (Wildman–Crippen LogP) is 2.50. The van der Waals surface area contributed by atoms with Crippen LogP contribution in [0.5, 0.6) is 0 Å². The molecule has 2 amide bonds. The van der Waals surface area contributed by atoms with E-state index >= 15 is 0 Å². The summed E-state index contributed by atoms with van der Waals surface area (Å²) in [5.41, 5.74) is 2.95. The normalized spacial score (nSPS) is 27.3. The first-order valence-corrected chi connectivity index (χ1v) is 10.8. The van der Waals surface area contributed by atoms with Gasteiger partial charge in [0.1, 0.15) is 0 Å². The molecule has 1 aromatic heterocycles. The first-order valence-electron chi connectivity index (χ1n) is 10.8. The molecule has 28 heavy (non-hydrogen) atoms. The lowest BCUT2D eigenvalue weighted by molar-refractivity contribution is -0.136. The Morgan fingerprint density at radius 1 is 1.14 bits per heavy atom. The van der Waals surface area contributed by atoms with Crippen molar-refractivity contribution in [2.75, 3.05) is 20.2 Å². The van der Waals surface area contributed by atoms with Crippen molar-refractivity contribution in [3.8, 4) is 0 Å². The molecule has 2 fully saturated rings. The van der Waals surface area contributed by atoms with Gasteiger partial charge in [0.15, 0.2) is 0 Å². The van der Waals surface area contributed by atoms with Gasteiger partial charge in [-0.05, 0) is 69.4 Å². The number of nitrogens with one attached hydrogen (secondary N) is 1. The molecule has 152 valence electrons. The number of amides is 2. The Bertz CT molecular complexity index is 730. The van der Waals surface area contributed by atoms with Gasteiger partial charge in [0.05, 0.1) is 17.7 Å². The van der Waals surface area contributed by atoms with Crippen LogP contribution in [0.2, 0.25) is 0 Å². The number of rotatable bonds is 4. The lowest BCUT2D eigenvalue weighted by Crippen LogP contribution is -2.50. The van der Waals surface area contributed by atoms with Crippen molar-refractivity contribution in [2.24, 2.45) is 5.92 Å². The molecule has 3 atom stereocenters. The second-order valence-electron chi connectivity index (χ2n) is 8.43. The highest BCUT2D eigenvalue weighted by molar-refractivity contribution is 5.94. The van der Waals surface area contributed by atoms with Crippen LogP contribution in [0.4, 0.5) is 0 Å². The monoisotopic (exact) mass is 385 g/mol. The van der Waals surface area contributed by atoms with Crippen molar-refractivity contribution in [3.63, 3.8) is 0 Å². The largest absolute Gasteiger partial charge is 0.379 e. The van der Waals surface area contributed by atoms with E-state index in [9.17, 15) is 9.59 Å². The quantitative estimate of drug-likeness (QED) is 0.864. The summed E-state index contributed by atoms with van der Waals surface area (Å²) < 4.78 is 5.63. The van der Waals surface area contributed by atoms with Gasteiger partial charge in [-0.2, -0.15) is 0 Å². The number of pyridine rings is 1. The Morgan fingerprint density at radius 3 is 2.71 bits per heavy atom. The van der Waals surface area contributed by atoms with Gasteiger partial charge in [0.2, 0.25) is 5.91 Å². The molecule has 4 rings (SSSR count). The van der Waals surface area contributed by atoms with E-state index in [1.165, 1.54) is 12.0 Å². The van der Waals surface area contributed by atoms with E-state index in [2.05, 4.69) is 10.3 Å². The number of methoxy groups -OCH3 is 1. The van der Waals surface area contributed by atoms with Crippen molar-refractivity contribution in [1.82, 2.24) is 15.2 Å². The fraction of sp³-hybridized carbons (Fsp3) is 0.682. The standard InChI is InChI=1S/C22H31N3O3/c1-28-20-9-8-16(22(27)25-10-4-5-11-25)13-19(20)24-21(26)17-12-15-6-2-3-7-18(15)23-14-17/h12,14,16,19-20H,2-11,13H2,1H3,(H,24,26)/t16-,19+,20+/m0/s1. The number of hydrogen-bond donors (Lipinski definition) is 1. The summed E-state index contributed by atoms with van der Waals surface area (Å²) in [6, 6.07) is 1.85. The molecule has 3 aliphatic rings. The average Bonchev–Trinajstić information content (AvgIpc) is 3.27. The second kappa shape index (κ2) is 8.60. The van der Waals surface area contributed by atoms with E-state index in [4.69, 9.17) is 4.74 Å². The molecule has 0 spiro atoms. The van der Waals surface area contributed by atoms with Crippen LogP contribution in [0.25, 0.3) is 0 Å². The molecule has 1 saturated carbocycles. The fourth-order valence-corrected chi connectivity index (χ4v) is 4.96. The van der Waals surface area contributed by atoms with E-state index in [1.54, 1.807) is 13.3 Å². The number of carbonyl (C=O) groups is 2. The summed E-state index contributed by atoms with van der Waals surface area (Å²) in [6.07, 6.45) is 10.5. The maximum absolute atomic E-state index is 12.9. The number of aromatic nitrogens is 1. The number of hydrogen-bond acceptors (Lipinski definition) is 4. The molecule has 0 radical (unpaired) electrons. The van der Waals surface area contributed by atoms with Crippen molar-refractivity contribution < 1.29 is 14.3 Å². The van der Waals surface area contributed by atoms with Gasteiger partial charge in [0.25, 0.3) is 5.91 Å². The molecule has 0 unspecified atom stereocenters. The Kier molecular flexibility index (Phi) is 5.95. The van der Waals surface area contributed by atoms with Crippen LogP contribution in [-0.2, 0) is 22.4 Å². The Morgan fingerprint density at radius 2 is 1.93 bits per heavy atom. The molecule has 1 aliphatic heterocycles. The summed E-state index contributed by atoms with van der Waals surface area (Å²) in [4.78, 5) is 32.2. The summed E-state index contributed by atoms with van der Waals surface area (Å²) >= 11 is 0. The van der Waals surface area contributed by atoms with Gasteiger partial charge >= 0.3 is 0 Å². The number of nitrogens with zero attached hydrogens (tertiary/aromatic N) is 2. The number of fused-ring (bicyclic) bond motifs is 1. The van der Waals surface area contributed by atoms with Crippen LogP contribution < -0.4 is 5.32 Å². The SMILES string of the molecule is CO[C@@H]1CC[C@H](C(=O)N2CCCC2)C[C@H]1NC(=O)c1cnc2c(c1)CCCC2. The van der Waals surface area contributed by atoms with E-state index in [-0.39, 0.29) is 29.9 Å². The van der Waals surface area contributed by atoms with Gasteiger partial charge in [-0.25, -0.2) is 0 Å². The molecular formula is C22H31N3O3. The molecule has 0 aromatic carbocycles. The van der Waals surface area contributed by atoms with E-state index in [0.29, 0.717) is 12.0 Å². The maximum Gasteiger partial charge on any atom is 0.253 e. The fourth-order valence-electron chi connectivity index (χ4n) is 4.96. The smallest absolute Gasteiger partial charge is 0.253 e. The average molecular weight is 386 g/mol. The lowest BCUT2D eigenvalue weighted by Gasteiger charge is -2.36. The van der Waals surface area contributed by atoms with E-state index < -0.39 is 0 Å². The lowest BCUT2D eigenvalue weighted by atomic mass is 9.82. The molecule has 0 bridgehead atoms. The third-order valence-corrected chi connectivity index (χ3v) is 6.60. The van der Waals surface area contributed by atoms with E-state index in [1.807, 2.05) is 11.0 Å². The minimum Gasteiger partial charge on any atom is -0.379 e. The molecule has 6 nitrogen and oxygen atoms in total. The Hall–Kier alpha value is -1.95. The highest BCUT2D eigenvalue weighted by Crippen LogP contribution is 2.29. The minimum atomic E-state index is -0.140. The van der Waals surface area contributed by atoms with Crippen molar-refractivity contribution in [2.45, 2.75) is 69.9 Å². The van der Waals surface area contributed by atoms with Crippen LogP contribution in [0.3, 0.4) is 0 Å². The number of ether oxygens (including phenoxy) is 1. The van der Waals surface area contributed by atoms with Gasteiger partial charge in [-0.1, -0.05) is 0 Å². The Labute approximate surface area is 167 Å². The zero-order chi connectivity index (χ0) is 19.5. The van der Waals surface area contributed by atoms with Gasteiger partial charge in [0, 0.05) is 38.0 Å². The van der Waals surface area contributed by atoms with E-state index in [0.717, 1.165) is 63.7 Å². The topological polar surface area (TPSA) is 71.5 Å². The van der Waals surface area contributed by atoms with Crippen molar-refractivity contribution >= 4 is 11.8 Å². The molecule has 1 aromatic rings. The second-order valence-corrected chi connectivity index (χ2v) is 8.43. The first kappa shape index (κ1) is 19.4. The zero-order valence-electron chi connectivity index (χ0n) is 16.8. The van der Waals surface area contributed by atoms with Crippen LogP contribution in [0, 0.1) is 5.92 Å². The third-order valence-electron chi connectivity index (χ3n) is 6.60. The molecule has 2 heterocycles. The highest BCUT2D eigenvalue weighted by atomic mass is 16.5. The highest BCUT2D eigenvalue weighted by Gasteiger charge is 2.37. The number of carbonyl (C=O) groups excluding carboxylic acids is 2. The van der Waals surface area contributed by atoms with Gasteiger partial charge in [-0.15, -0.1) is 0 Å². The first-order chi connectivity index (χ1) is 13.7. The van der Waals surface area contributed by atoms with Gasteiger partial charge in [-0.3, -0.25) is 14.6 Å². The van der Waals surface area contributed by atoms with Gasteiger partial charge < -0.3 is 15.0 Å². The van der Waals surface area contributed by atoms with Crippen molar-refractivity contribution in [3.05, 3.63) is 29.1 Å². The molecule has 2 aliphatic carbocycles. The third kappa shape index (κ3) is 4.07. The molecule has 6 heteroatoms. The predicted molar refractivity (Wildman–Crippen MR) is 106 cm³/mol. The summed E-state index contributed by atoms with van der Waals surface area (Å²) in [5.74, 6) is 0.125. The van der Waals surface area contributed by atoms with Crippen LogP contribution >= 0.6 is 0 Å². The molecular weight excluding hydrogens is 354 g/mol. The summed E-state index contributed by atoms with van der Waals surface area (Å²) in [5, 5.41) is 3.14. The maximum atomic E-state index is 12.9. The summed E-state index contributed by atoms with van der Waals surface area (Å²) in [7, 11) is 1.69. The van der Waals surface area contributed by atoms with Crippen LogP contribution in [0.1, 0.15) is 66.6 Å². The summed E-state index contributed by atoms with van der Waals surface area (Å²) in [6.45, 7) is 1.75. The van der Waals surface area contributed by atoms with Crippen LogP contribution in [0.15, 0.2) is 12.3 Å². The number of likely N-dealkylation sites (tertiary alicyclic amines) is 1. The molecule has 1 N–H and O–H groups in total. The van der Waals surface area contributed by atoms with Crippen LogP contribution in [-0.4, -0.2) is 54.0 Å². The van der Waals surface area contributed by atoms with Crippen molar-refractivity contribution in [1.29, 1.82) is 0 Å². The zero-order valence-corrected chi connectivity index (χ0v) is 16.8. The Balaban J connectivity index is 1.43. The number of aryl methyl sites for hydroxylation is 2. The molecule has 1 saturated heterocycles. The minimum absolute atomic E-state index is 0.0172.